The number of fused-ring (bicyclic) bond motifs is 1. The smallest absolute Gasteiger partial charge is 0.335 e. The summed E-state index contributed by atoms with van der Waals surface area (Å²) in [7, 11) is 0. The molecule has 0 aliphatic heterocycles. The van der Waals surface area contributed by atoms with Crippen molar-refractivity contribution in [3.05, 3.63) is 46.6 Å². The Labute approximate surface area is 112 Å². The molecule has 0 amide bonds. The third kappa shape index (κ3) is 2.07. The monoisotopic (exact) mass is 273 g/mol. The van der Waals surface area contributed by atoms with Gasteiger partial charge in [-0.3, -0.25) is 9.25 Å². The summed E-state index contributed by atoms with van der Waals surface area (Å²) >= 11 is 0. The summed E-state index contributed by atoms with van der Waals surface area (Å²) in [4.78, 5) is 25.4. The maximum Gasteiger partial charge on any atom is 0.335 e. The van der Waals surface area contributed by atoms with Crippen LogP contribution in [0, 0.1) is 0 Å². The van der Waals surface area contributed by atoms with Crippen LogP contribution < -0.4 is 5.69 Å². The highest BCUT2D eigenvalue weighted by molar-refractivity contribution is 5.92. The predicted octanol–water partition coefficient (Wildman–Crippen LogP) is 0.319. The Morgan fingerprint density at radius 1 is 1.35 bits per heavy atom. The largest absolute Gasteiger partial charge is 0.478 e. The molecule has 2 N–H and O–H groups in total. The number of nitrogens with zero attached hydrogens (tertiary/aromatic N) is 4. The third-order valence-corrected chi connectivity index (χ3v) is 3.05. The number of aryl methyl sites for hydroxylation is 2. The molecule has 3 aromatic rings. The molecule has 1 aromatic carbocycles. The second kappa shape index (κ2) is 4.65. The summed E-state index contributed by atoms with van der Waals surface area (Å²) in [6.07, 6.45) is 3.28. The van der Waals surface area contributed by atoms with Crippen LogP contribution in [0.3, 0.4) is 0 Å². The summed E-state index contributed by atoms with van der Waals surface area (Å²) in [6.45, 7) is 0.933. The molecule has 102 valence electrons. The highest BCUT2D eigenvalue weighted by Crippen LogP contribution is 2.13. The van der Waals surface area contributed by atoms with Crippen molar-refractivity contribution in [3.63, 3.8) is 0 Å². The average molecular weight is 273 g/mol. The molecule has 0 unspecified atom stereocenters. The first-order valence-electron chi connectivity index (χ1n) is 5.95. The van der Waals surface area contributed by atoms with Crippen molar-refractivity contribution in [2.45, 2.75) is 13.1 Å². The van der Waals surface area contributed by atoms with Crippen LogP contribution in [0.4, 0.5) is 0 Å². The number of aromatic nitrogens is 5. The molecule has 8 heteroatoms. The Morgan fingerprint density at radius 3 is 2.90 bits per heavy atom. The quantitative estimate of drug-likeness (QED) is 0.712. The van der Waals surface area contributed by atoms with Gasteiger partial charge in [0.05, 0.1) is 29.3 Å². The van der Waals surface area contributed by atoms with Crippen LogP contribution in [0.15, 0.2) is 35.4 Å². The van der Waals surface area contributed by atoms with Gasteiger partial charge in [0.2, 0.25) is 0 Å². The molecule has 0 saturated carbocycles. The molecule has 0 radical (unpaired) electrons. The molecule has 0 fully saturated rings. The predicted molar refractivity (Wildman–Crippen MR) is 69.5 cm³/mol. The molecule has 0 atom stereocenters. The number of aromatic carboxylic acids is 1. The van der Waals surface area contributed by atoms with E-state index in [1.807, 2.05) is 0 Å². The van der Waals surface area contributed by atoms with E-state index in [1.165, 1.54) is 12.1 Å². The van der Waals surface area contributed by atoms with Crippen molar-refractivity contribution in [2.75, 3.05) is 0 Å². The summed E-state index contributed by atoms with van der Waals surface area (Å²) in [5.41, 5.74) is 1.04. The number of hydrogen-bond acceptors (Lipinski definition) is 4. The summed E-state index contributed by atoms with van der Waals surface area (Å²) in [5.74, 6) is -1.02. The molecule has 2 heterocycles. The molecular weight excluding hydrogens is 262 g/mol. The van der Waals surface area contributed by atoms with Crippen molar-refractivity contribution >= 4 is 17.0 Å². The molecule has 2 aromatic heterocycles. The standard InChI is InChI=1S/C12H11N5O3/c18-11(19)8-1-2-10-9(7-8)14-12(20)17(10)6-5-16-4-3-13-15-16/h1-4,7H,5-6H2,(H,14,20)(H,18,19). The van der Waals surface area contributed by atoms with Crippen molar-refractivity contribution in [2.24, 2.45) is 0 Å². The lowest BCUT2D eigenvalue weighted by molar-refractivity contribution is 0.0697. The molecule has 0 aliphatic carbocycles. The van der Waals surface area contributed by atoms with Gasteiger partial charge in [0.25, 0.3) is 0 Å². The molecule has 3 rings (SSSR count). The zero-order valence-electron chi connectivity index (χ0n) is 10.4. The van der Waals surface area contributed by atoms with Crippen LogP contribution in [0.25, 0.3) is 11.0 Å². The highest BCUT2D eigenvalue weighted by Gasteiger charge is 2.10. The third-order valence-electron chi connectivity index (χ3n) is 3.05. The maximum atomic E-state index is 11.9. The van der Waals surface area contributed by atoms with Crippen LogP contribution >= 0.6 is 0 Å². The lowest BCUT2D eigenvalue weighted by atomic mass is 10.2. The van der Waals surface area contributed by atoms with Crippen molar-refractivity contribution in [3.8, 4) is 0 Å². The van der Waals surface area contributed by atoms with Crippen molar-refractivity contribution in [1.29, 1.82) is 0 Å². The van der Waals surface area contributed by atoms with Gasteiger partial charge in [0.1, 0.15) is 0 Å². The van der Waals surface area contributed by atoms with Crippen LogP contribution in [0.5, 0.6) is 0 Å². The molecule has 0 spiro atoms. The zero-order valence-corrected chi connectivity index (χ0v) is 10.4. The van der Waals surface area contributed by atoms with Crippen LogP contribution in [0.2, 0.25) is 0 Å². The topological polar surface area (TPSA) is 106 Å². The fourth-order valence-electron chi connectivity index (χ4n) is 2.07. The van der Waals surface area contributed by atoms with E-state index in [4.69, 9.17) is 5.11 Å². The Hall–Kier alpha value is -2.90. The van der Waals surface area contributed by atoms with Gasteiger partial charge in [-0.2, -0.15) is 0 Å². The fourth-order valence-corrected chi connectivity index (χ4v) is 2.07. The minimum atomic E-state index is -1.02. The van der Waals surface area contributed by atoms with E-state index in [0.29, 0.717) is 24.1 Å². The summed E-state index contributed by atoms with van der Waals surface area (Å²) in [5, 5.41) is 16.4. The highest BCUT2D eigenvalue weighted by atomic mass is 16.4. The molecular formula is C12H11N5O3. The number of aromatic amines is 1. The van der Waals surface area contributed by atoms with Crippen molar-refractivity contribution < 1.29 is 9.90 Å². The van der Waals surface area contributed by atoms with E-state index in [0.717, 1.165) is 0 Å². The Kier molecular flexibility index (Phi) is 2.82. The Bertz CT molecular complexity index is 815. The molecule has 8 nitrogen and oxygen atoms in total. The first kappa shape index (κ1) is 12.2. The lowest BCUT2D eigenvalue weighted by Gasteiger charge is -2.03. The number of imidazole rings is 1. The number of carbonyl (C=O) groups is 1. The lowest BCUT2D eigenvalue weighted by Crippen LogP contribution is -2.19. The van der Waals surface area contributed by atoms with Gasteiger partial charge in [-0.25, -0.2) is 9.59 Å². The van der Waals surface area contributed by atoms with E-state index in [-0.39, 0.29) is 11.3 Å². The van der Waals surface area contributed by atoms with Crippen LogP contribution in [0.1, 0.15) is 10.4 Å². The van der Waals surface area contributed by atoms with E-state index in [1.54, 1.807) is 27.7 Å². The van der Waals surface area contributed by atoms with E-state index in [9.17, 15) is 9.59 Å². The number of benzene rings is 1. The molecule has 0 saturated heterocycles. The summed E-state index contributed by atoms with van der Waals surface area (Å²) in [6, 6.07) is 4.55. The number of H-pyrrole nitrogens is 1. The van der Waals surface area contributed by atoms with Gasteiger partial charge in [0.15, 0.2) is 0 Å². The minimum absolute atomic E-state index is 0.141. The van der Waals surface area contributed by atoms with E-state index < -0.39 is 5.97 Å². The molecule has 0 aliphatic rings. The molecule has 0 bridgehead atoms. The SMILES string of the molecule is O=C(O)c1ccc2c(c1)[nH]c(=O)n2CCn1ccnn1. The van der Waals surface area contributed by atoms with E-state index >= 15 is 0 Å². The second-order valence-electron chi connectivity index (χ2n) is 4.28. The van der Waals surface area contributed by atoms with Gasteiger partial charge >= 0.3 is 11.7 Å². The summed E-state index contributed by atoms with van der Waals surface area (Å²) < 4.78 is 3.17. The van der Waals surface area contributed by atoms with Gasteiger partial charge in [-0.15, -0.1) is 5.10 Å². The minimum Gasteiger partial charge on any atom is -0.478 e. The van der Waals surface area contributed by atoms with Gasteiger partial charge < -0.3 is 10.1 Å². The number of carboxylic acid groups (broad SMARTS) is 1. The first-order valence-corrected chi connectivity index (χ1v) is 5.95. The van der Waals surface area contributed by atoms with Crippen LogP contribution in [-0.2, 0) is 13.1 Å². The second-order valence-corrected chi connectivity index (χ2v) is 4.28. The Morgan fingerprint density at radius 2 is 2.20 bits per heavy atom. The van der Waals surface area contributed by atoms with Crippen molar-refractivity contribution in [1.82, 2.24) is 24.5 Å². The number of nitrogens with one attached hydrogen (secondary N) is 1. The van der Waals surface area contributed by atoms with Gasteiger partial charge in [-0.1, -0.05) is 5.21 Å². The molecule has 20 heavy (non-hydrogen) atoms. The maximum absolute atomic E-state index is 11.9. The van der Waals surface area contributed by atoms with Gasteiger partial charge in [0, 0.05) is 12.7 Å². The van der Waals surface area contributed by atoms with Gasteiger partial charge in [-0.05, 0) is 18.2 Å². The number of rotatable bonds is 4. The number of carboxylic acids is 1. The Balaban J connectivity index is 1.96. The fraction of sp³-hybridized carbons (Fsp3) is 0.167. The average Bonchev–Trinajstić information content (AvgIpc) is 3.02. The number of hydrogen-bond donors (Lipinski definition) is 2. The van der Waals surface area contributed by atoms with Crippen LogP contribution in [-0.4, -0.2) is 35.6 Å². The zero-order chi connectivity index (χ0) is 14.1. The first-order chi connectivity index (χ1) is 9.65. The van der Waals surface area contributed by atoms with E-state index in [2.05, 4.69) is 15.3 Å². The normalized spacial score (nSPS) is 11.0.